The molecule has 0 amide bonds. The first-order chi connectivity index (χ1) is 9.27. The van der Waals surface area contributed by atoms with Crippen LogP contribution in [0.2, 0.25) is 0 Å². The number of benzene rings is 1. The van der Waals surface area contributed by atoms with Gasteiger partial charge in [-0.2, -0.15) is 0 Å². The lowest BCUT2D eigenvalue weighted by molar-refractivity contribution is 0.0692. The molecule has 1 unspecified atom stereocenters. The smallest absolute Gasteiger partial charge is 0.337 e. The molecule has 0 saturated heterocycles. The maximum atomic E-state index is 12.1. The van der Waals surface area contributed by atoms with Crippen molar-refractivity contribution in [3.63, 3.8) is 0 Å². The van der Waals surface area contributed by atoms with Gasteiger partial charge in [0.1, 0.15) is 0 Å². The summed E-state index contributed by atoms with van der Waals surface area (Å²) in [5, 5.41) is 18.5. The summed E-state index contributed by atoms with van der Waals surface area (Å²) in [7, 11) is -4.04. The molecular formula is C12H18N2O5S. The summed E-state index contributed by atoms with van der Waals surface area (Å²) in [5.41, 5.74) is 5.27. The van der Waals surface area contributed by atoms with E-state index in [-0.39, 0.29) is 17.8 Å². The van der Waals surface area contributed by atoms with Crippen molar-refractivity contribution in [1.82, 2.24) is 4.72 Å². The predicted molar refractivity (Wildman–Crippen MR) is 73.9 cm³/mol. The highest BCUT2D eigenvalue weighted by Gasteiger charge is 2.23. The van der Waals surface area contributed by atoms with Crippen molar-refractivity contribution in [3.05, 3.63) is 23.8 Å². The second kappa shape index (κ2) is 6.69. The zero-order chi connectivity index (χ0) is 15.3. The van der Waals surface area contributed by atoms with Crippen LogP contribution in [0.25, 0.3) is 0 Å². The van der Waals surface area contributed by atoms with Crippen LogP contribution < -0.4 is 10.5 Å². The Morgan fingerprint density at radius 2 is 2.10 bits per heavy atom. The van der Waals surface area contributed by atoms with Gasteiger partial charge in [-0.25, -0.2) is 17.9 Å². The maximum Gasteiger partial charge on any atom is 0.337 e. The Morgan fingerprint density at radius 1 is 1.45 bits per heavy atom. The van der Waals surface area contributed by atoms with Gasteiger partial charge >= 0.3 is 5.97 Å². The van der Waals surface area contributed by atoms with E-state index in [4.69, 9.17) is 10.8 Å². The first-order valence-corrected chi connectivity index (χ1v) is 7.56. The van der Waals surface area contributed by atoms with E-state index in [9.17, 15) is 18.3 Å². The van der Waals surface area contributed by atoms with Gasteiger partial charge in [0.2, 0.25) is 10.0 Å². The standard InChI is InChI=1S/C12H18N2O5S/c1-2-3-9(15)7-14-20(18,19)11-6-8(13)4-5-10(11)12(16)17/h4-6,9,14-15H,2-3,7,13H2,1H3,(H,16,17). The van der Waals surface area contributed by atoms with Crippen molar-refractivity contribution in [3.8, 4) is 0 Å². The van der Waals surface area contributed by atoms with E-state index in [0.29, 0.717) is 12.8 Å². The van der Waals surface area contributed by atoms with Crippen LogP contribution in [-0.4, -0.2) is 37.2 Å². The van der Waals surface area contributed by atoms with E-state index in [1.54, 1.807) is 0 Å². The molecule has 0 bridgehead atoms. The molecule has 0 spiro atoms. The summed E-state index contributed by atoms with van der Waals surface area (Å²) in [6.45, 7) is 1.68. The zero-order valence-electron chi connectivity index (χ0n) is 11.0. The molecule has 0 saturated carbocycles. The number of nitrogens with two attached hydrogens (primary N) is 1. The number of carboxylic acids is 1. The summed E-state index contributed by atoms with van der Waals surface area (Å²) in [6.07, 6.45) is 0.344. The van der Waals surface area contributed by atoms with E-state index in [0.717, 1.165) is 12.1 Å². The molecular weight excluding hydrogens is 284 g/mol. The van der Waals surface area contributed by atoms with Crippen molar-refractivity contribution >= 4 is 21.7 Å². The number of nitrogen functional groups attached to an aromatic ring is 1. The van der Waals surface area contributed by atoms with E-state index >= 15 is 0 Å². The van der Waals surface area contributed by atoms with Gasteiger partial charge in [0, 0.05) is 12.2 Å². The largest absolute Gasteiger partial charge is 0.478 e. The third-order valence-corrected chi connectivity index (χ3v) is 4.12. The molecule has 5 N–H and O–H groups in total. The second-order valence-corrected chi connectivity index (χ2v) is 6.09. The number of hydrogen-bond acceptors (Lipinski definition) is 5. The number of sulfonamides is 1. The third kappa shape index (κ3) is 4.19. The molecule has 0 aromatic heterocycles. The lowest BCUT2D eigenvalue weighted by Crippen LogP contribution is -2.33. The fraction of sp³-hybridized carbons (Fsp3) is 0.417. The van der Waals surface area contributed by atoms with Crippen molar-refractivity contribution in [2.75, 3.05) is 12.3 Å². The minimum Gasteiger partial charge on any atom is -0.478 e. The van der Waals surface area contributed by atoms with E-state index < -0.39 is 27.0 Å². The molecule has 7 nitrogen and oxygen atoms in total. The normalized spacial score (nSPS) is 13.1. The van der Waals surface area contributed by atoms with Crippen LogP contribution in [0.4, 0.5) is 5.69 Å². The topological polar surface area (TPSA) is 130 Å². The number of aliphatic hydroxyl groups excluding tert-OH is 1. The van der Waals surface area contributed by atoms with E-state index in [1.165, 1.54) is 6.07 Å². The Labute approximate surface area is 117 Å². The minimum absolute atomic E-state index is 0.143. The highest BCUT2D eigenvalue weighted by molar-refractivity contribution is 7.89. The first kappa shape index (κ1) is 16.4. The molecule has 1 rings (SSSR count). The fourth-order valence-electron chi connectivity index (χ4n) is 1.66. The first-order valence-electron chi connectivity index (χ1n) is 6.08. The van der Waals surface area contributed by atoms with Crippen LogP contribution in [0.3, 0.4) is 0 Å². The number of carboxylic acid groups (broad SMARTS) is 1. The molecule has 1 aromatic rings. The maximum absolute atomic E-state index is 12.1. The van der Waals surface area contributed by atoms with Gasteiger partial charge in [-0.3, -0.25) is 0 Å². The molecule has 112 valence electrons. The monoisotopic (exact) mass is 302 g/mol. The molecule has 0 heterocycles. The van der Waals surface area contributed by atoms with Crippen LogP contribution in [-0.2, 0) is 10.0 Å². The summed E-state index contributed by atoms with van der Waals surface area (Å²) in [6, 6.07) is 3.53. The van der Waals surface area contributed by atoms with Crippen molar-refractivity contribution in [2.45, 2.75) is 30.8 Å². The molecule has 20 heavy (non-hydrogen) atoms. The van der Waals surface area contributed by atoms with Crippen molar-refractivity contribution in [1.29, 1.82) is 0 Å². The van der Waals surface area contributed by atoms with Gasteiger partial charge in [-0.15, -0.1) is 0 Å². The Balaban J connectivity index is 3.03. The summed E-state index contributed by atoms with van der Waals surface area (Å²) in [5.74, 6) is -1.36. The van der Waals surface area contributed by atoms with Gasteiger partial charge in [0.15, 0.2) is 0 Å². The molecule has 0 aliphatic rings. The number of anilines is 1. The van der Waals surface area contributed by atoms with E-state index in [1.807, 2.05) is 6.92 Å². The average Bonchev–Trinajstić information content (AvgIpc) is 2.36. The average molecular weight is 302 g/mol. The van der Waals surface area contributed by atoms with Gasteiger partial charge in [-0.05, 0) is 24.6 Å². The van der Waals surface area contributed by atoms with Gasteiger partial charge in [0.05, 0.1) is 16.6 Å². The molecule has 1 atom stereocenters. The van der Waals surface area contributed by atoms with Crippen LogP contribution in [0.15, 0.2) is 23.1 Å². The Hall–Kier alpha value is -1.64. The summed E-state index contributed by atoms with van der Waals surface area (Å²) in [4.78, 5) is 10.6. The minimum atomic E-state index is -4.04. The number of rotatable bonds is 7. The van der Waals surface area contributed by atoms with Crippen molar-refractivity contribution in [2.24, 2.45) is 0 Å². The number of carbonyl (C=O) groups is 1. The molecule has 8 heteroatoms. The second-order valence-electron chi connectivity index (χ2n) is 4.36. The van der Waals surface area contributed by atoms with Crippen LogP contribution in [0.5, 0.6) is 0 Å². The van der Waals surface area contributed by atoms with Crippen LogP contribution >= 0.6 is 0 Å². The highest BCUT2D eigenvalue weighted by atomic mass is 32.2. The Morgan fingerprint density at radius 3 is 2.65 bits per heavy atom. The molecule has 0 aliphatic carbocycles. The van der Waals surface area contributed by atoms with Gasteiger partial charge in [-0.1, -0.05) is 13.3 Å². The lowest BCUT2D eigenvalue weighted by Gasteiger charge is -2.13. The van der Waals surface area contributed by atoms with Gasteiger partial charge < -0.3 is 15.9 Å². The number of hydrogen-bond donors (Lipinski definition) is 4. The van der Waals surface area contributed by atoms with E-state index in [2.05, 4.69) is 4.72 Å². The molecule has 0 aliphatic heterocycles. The fourth-order valence-corrected chi connectivity index (χ4v) is 2.96. The molecule has 1 aromatic carbocycles. The molecule has 0 radical (unpaired) electrons. The zero-order valence-corrected chi connectivity index (χ0v) is 11.9. The highest BCUT2D eigenvalue weighted by Crippen LogP contribution is 2.19. The number of nitrogens with one attached hydrogen (secondary N) is 1. The van der Waals surface area contributed by atoms with Crippen LogP contribution in [0, 0.1) is 0 Å². The summed E-state index contributed by atoms with van der Waals surface area (Å²) < 4.78 is 26.3. The van der Waals surface area contributed by atoms with Gasteiger partial charge in [0.25, 0.3) is 0 Å². The summed E-state index contributed by atoms with van der Waals surface area (Å²) >= 11 is 0. The predicted octanol–water partition coefficient (Wildman–Crippen LogP) is 0.406. The number of aromatic carboxylic acids is 1. The Bertz CT molecular complexity index is 586. The quantitative estimate of drug-likeness (QED) is 0.540. The molecule has 0 fully saturated rings. The third-order valence-electron chi connectivity index (χ3n) is 2.66. The van der Waals surface area contributed by atoms with Crippen LogP contribution in [0.1, 0.15) is 30.1 Å². The number of aliphatic hydroxyl groups is 1. The Kier molecular flexibility index (Phi) is 5.49. The van der Waals surface area contributed by atoms with Crippen molar-refractivity contribution < 1.29 is 23.4 Å². The lowest BCUT2D eigenvalue weighted by atomic mass is 10.2. The SMILES string of the molecule is CCCC(O)CNS(=O)(=O)c1cc(N)ccc1C(=O)O.